The summed E-state index contributed by atoms with van der Waals surface area (Å²) < 4.78 is 24.8. The minimum Gasteiger partial charge on any atom is -0.200 e. The summed E-state index contributed by atoms with van der Waals surface area (Å²) in [6.07, 6.45) is 0. The van der Waals surface area contributed by atoms with E-state index in [0.717, 1.165) is 16.3 Å². The van der Waals surface area contributed by atoms with Gasteiger partial charge in [0.15, 0.2) is 0 Å². The highest BCUT2D eigenvalue weighted by molar-refractivity contribution is 7.89. The van der Waals surface area contributed by atoms with Gasteiger partial charge in [-0.15, -0.1) is 0 Å². The van der Waals surface area contributed by atoms with Crippen molar-refractivity contribution in [2.75, 3.05) is 0 Å². The quantitative estimate of drug-likeness (QED) is 0.589. The van der Waals surface area contributed by atoms with Gasteiger partial charge < -0.3 is 0 Å². The third-order valence-electron chi connectivity index (χ3n) is 3.56. The molecule has 0 saturated heterocycles. The molecular weight excluding hydrogens is 308 g/mol. The van der Waals surface area contributed by atoms with Crippen LogP contribution in [-0.2, 0) is 10.0 Å². The Kier molecular flexibility index (Phi) is 4.12. The van der Waals surface area contributed by atoms with Crippen molar-refractivity contribution >= 4 is 26.5 Å². The van der Waals surface area contributed by atoms with Gasteiger partial charge in [0.25, 0.3) is 10.0 Å². The molecule has 0 aliphatic heterocycles. The van der Waals surface area contributed by atoms with Crippen molar-refractivity contribution < 1.29 is 8.42 Å². The Morgan fingerprint density at radius 2 is 1.52 bits per heavy atom. The molecule has 3 rings (SSSR count). The third-order valence-corrected chi connectivity index (χ3v) is 4.76. The Labute approximate surface area is 135 Å². The van der Waals surface area contributed by atoms with Crippen LogP contribution >= 0.6 is 0 Å². The number of hydrogen-bond acceptors (Lipinski definition) is 3. The van der Waals surface area contributed by atoms with Crippen LogP contribution in [-0.4, -0.2) is 14.1 Å². The average molecular weight is 324 g/mol. The fourth-order valence-corrected chi connectivity index (χ4v) is 3.15. The number of nitrogens with one attached hydrogen (secondary N) is 1. The molecule has 3 aromatic rings. The molecule has 0 spiro atoms. The number of hydrazone groups is 1. The predicted octanol–water partition coefficient (Wildman–Crippen LogP) is 3.54. The van der Waals surface area contributed by atoms with Gasteiger partial charge in [-0.05, 0) is 35.4 Å². The van der Waals surface area contributed by atoms with Gasteiger partial charge in [-0.1, -0.05) is 60.7 Å². The van der Waals surface area contributed by atoms with E-state index < -0.39 is 10.0 Å². The summed E-state index contributed by atoms with van der Waals surface area (Å²) in [7, 11) is -3.69. The van der Waals surface area contributed by atoms with Crippen molar-refractivity contribution in [2.24, 2.45) is 5.10 Å². The molecule has 3 aromatic carbocycles. The van der Waals surface area contributed by atoms with Crippen LogP contribution in [0.25, 0.3) is 10.8 Å². The van der Waals surface area contributed by atoms with Crippen LogP contribution in [0.2, 0.25) is 0 Å². The molecule has 5 heteroatoms. The first-order chi connectivity index (χ1) is 11.1. The summed E-state index contributed by atoms with van der Waals surface area (Å²) in [6, 6.07) is 22.1. The van der Waals surface area contributed by atoms with E-state index in [0.29, 0.717) is 5.71 Å². The minimum absolute atomic E-state index is 0.195. The summed E-state index contributed by atoms with van der Waals surface area (Å²) >= 11 is 0. The second kappa shape index (κ2) is 6.22. The van der Waals surface area contributed by atoms with Crippen molar-refractivity contribution in [1.82, 2.24) is 4.83 Å². The predicted molar refractivity (Wildman–Crippen MR) is 92.9 cm³/mol. The van der Waals surface area contributed by atoms with Crippen LogP contribution in [0.5, 0.6) is 0 Å². The Hall–Kier alpha value is -2.66. The summed E-state index contributed by atoms with van der Waals surface area (Å²) in [5.74, 6) is 0. The molecule has 116 valence electrons. The van der Waals surface area contributed by atoms with E-state index in [-0.39, 0.29) is 4.90 Å². The Morgan fingerprint density at radius 3 is 2.26 bits per heavy atom. The molecule has 0 unspecified atom stereocenters. The van der Waals surface area contributed by atoms with Crippen LogP contribution in [0.3, 0.4) is 0 Å². The maximum absolute atomic E-state index is 12.4. The molecule has 0 fully saturated rings. The Balaban J connectivity index is 1.88. The van der Waals surface area contributed by atoms with E-state index in [4.69, 9.17) is 0 Å². The largest absolute Gasteiger partial charge is 0.276 e. The molecule has 23 heavy (non-hydrogen) atoms. The lowest BCUT2D eigenvalue weighted by atomic mass is 10.1. The number of rotatable bonds is 4. The van der Waals surface area contributed by atoms with Crippen LogP contribution in [0, 0.1) is 0 Å². The average Bonchev–Trinajstić information content (AvgIpc) is 2.60. The van der Waals surface area contributed by atoms with Gasteiger partial charge in [-0.2, -0.15) is 18.4 Å². The molecule has 0 aliphatic carbocycles. The molecule has 0 amide bonds. The van der Waals surface area contributed by atoms with Crippen LogP contribution in [0.4, 0.5) is 0 Å². The lowest BCUT2D eigenvalue weighted by Gasteiger charge is -2.06. The fraction of sp³-hybridized carbons (Fsp3) is 0.0556. The maximum atomic E-state index is 12.4. The highest BCUT2D eigenvalue weighted by Crippen LogP contribution is 2.18. The van der Waals surface area contributed by atoms with E-state index in [1.54, 1.807) is 25.1 Å². The van der Waals surface area contributed by atoms with E-state index in [2.05, 4.69) is 9.93 Å². The van der Waals surface area contributed by atoms with Gasteiger partial charge in [0.05, 0.1) is 10.6 Å². The SMILES string of the molecule is CC(=NNS(=O)(=O)c1ccc2ccccc2c1)c1ccccc1. The molecule has 0 heterocycles. The minimum atomic E-state index is -3.69. The van der Waals surface area contributed by atoms with E-state index in [9.17, 15) is 8.42 Å². The lowest BCUT2D eigenvalue weighted by Crippen LogP contribution is -2.19. The smallest absolute Gasteiger partial charge is 0.200 e. The van der Waals surface area contributed by atoms with Gasteiger partial charge in [-0.25, -0.2) is 0 Å². The number of fused-ring (bicyclic) bond motifs is 1. The lowest BCUT2D eigenvalue weighted by molar-refractivity contribution is 0.584. The Morgan fingerprint density at radius 1 is 0.870 bits per heavy atom. The molecule has 0 saturated carbocycles. The second-order valence-corrected chi connectivity index (χ2v) is 6.83. The highest BCUT2D eigenvalue weighted by atomic mass is 32.2. The van der Waals surface area contributed by atoms with E-state index in [1.807, 2.05) is 54.6 Å². The molecule has 0 bridgehead atoms. The molecule has 0 radical (unpaired) electrons. The summed E-state index contributed by atoms with van der Waals surface area (Å²) in [4.78, 5) is 2.49. The van der Waals surface area contributed by atoms with Crippen molar-refractivity contribution in [2.45, 2.75) is 11.8 Å². The number of benzene rings is 3. The summed E-state index contributed by atoms with van der Waals surface area (Å²) in [6.45, 7) is 1.76. The van der Waals surface area contributed by atoms with Crippen LogP contribution in [0.1, 0.15) is 12.5 Å². The standard InChI is InChI=1S/C18H16N2O2S/c1-14(15-7-3-2-4-8-15)19-20-23(21,22)18-12-11-16-9-5-6-10-17(16)13-18/h2-13,20H,1H3. The molecule has 4 nitrogen and oxygen atoms in total. The van der Waals surface area contributed by atoms with Crippen LogP contribution < -0.4 is 4.83 Å². The zero-order valence-electron chi connectivity index (χ0n) is 12.6. The van der Waals surface area contributed by atoms with Gasteiger partial charge >= 0.3 is 0 Å². The fourth-order valence-electron chi connectivity index (χ4n) is 2.26. The van der Waals surface area contributed by atoms with Crippen LogP contribution in [0.15, 0.2) is 82.8 Å². The van der Waals surface area contributed by atoms with E-state index >= 15 is 0 Å². The van der Waals surface area contributed by atoms with Gasteiger partial charge in [0.1, 0.15) is 0 Å². The molecule has 0 aromatic heterocycles. The monoisotopic (exact) mass is 324 g/mol. The first-order valence-electron chi connectivity index (χ1n) is 7.16. The normalized spacial score (nSPS) is 12.3. The number of nitrogens with zero attached hydrogens (tertiary/aromatic N) is 1. The first kappa shape index (κ1) is 15.2. The van der Waals surface area contributed by atoms with Gasteiger partial charge in [-0.3, -0.25) is 0 Å². The van der Waals surface area contributed by atoms with Crippen molar-refractivity contribution in [3.63, 3.8) is 0 Å². The van der Waals surface area contributed by atoms with Gasteiger partial charge in [0.2, 0.25) is 0 Å². The number of sulfonamides is 1. The van der Waals surface area contributed by atoms with Gasteiger partial charge in [0, 0.05) is 0 Å². The molecule has 1 N–H and O–H groups in total. The second-order valence-electron chi connectivity index (χ2n) is 5.17. The summed E-state index contributed by atoms with van der Waals surface area (Å²) in [5.41, 5.74) is 1.48. The summed E-state index contributed by atoms with van der Waals surface area (Å²) in [5, 5.41) is 5.87. The topological polar surface area (TPSA) is 58.5 Å². The Bertz CT molecular complexity index is 964. The number of hydrogen-bond donors (Lipinski definition) is 1. The maximum Gasteiger partial charge on any atom is 0.276 e. The third kappa shape index (κ3) is 3.40. The molecule has 0 atom stereocenters. The van der Waals surface area contributed by atoms with E-state index in [1.165, 1.54) is 0 Å². The van der Waals surface area contributed by atoms with Crippen molar-refractivity contribution in [3.05, 3.63) is 78.4 Å². The molecule has 0 aliphatic rings. The molecular formula is C18H16N2O2S. The zero-order valence-corrected chi connectivity index (χ0v) is 13.4. The first-order valence-corrected chi connectivity index (χ1v) is 8.65. The van der Waals surface area contributed by atoms with Crippen molar-refractivity contribution in [1.29, 1.82) is 0 Å². The van der Waals surface area contributed by atoms with Crippen molar-refractivity contribution in [3.8, 4) is 0 Å². The highest BCUT2D eigenvalue weighted by Gasteiger charge is 2.13. The zero-order chi connectivity index (χ0) is 16.3.